The lowest BCUT2D eigenvalue weighted by Crippen LogP contribution is -2.50. The van der Waals surface area contributed by atoms with Crippen molar-refractivity contribution >= 4 is 11.4 Å². The van der Waals surface area contributed by atoms with Crippen LogP contribution in [0.15, 0.2) is 29.4 Å². The third-order valence-electron chi connectivity index (χ3n) is 3.84. The second kappa shape index (κ2) is 3.49. The molecule has 4 nitrogen and oxygen atoms in total. The first kappa shape index (κ1) is 11.1. The Hall–Kier alpha value is -2.02. The molecule has 1 aromatic carbocycles. The molecule has 1 fully saturated rings. The third-order valence-corrected chi connectivity index (χ3v) is 3.84. The maximum atomic E-state index is 9.15. The molecule has 1 unspecified atom stereocenters. The molecule has 0 bridgehead atoms. The highest BCUT2D eigenvalue weighted by atomic mass is 16.7. The van der Waals surface area contributed by atoms with Gasteiger partial charge in [0.2, 0.25) is 5.72 Å². The van der Waals surface area contributed by atoms with Crippen LogP contribution in [0.1, 0.15) is 32.3 Å². The summed E-state index contributed by atoms with van der Waals surface area (Å²) in [5.41, 5.74) is 2.31. The van der Waals surface area contributed by atoms with Crippen LogP contribution >= 0.6 is 0 Å². The minimum atomic E-state index is -0.492. The Kier molecular flexibility index (Phi) is 2.15. The van der Waals surface area contributed by atoms with Gasteiger partial charge in [0.05, 0.1) is 11.5 Å². The lowest BCUT2D eigenvalue weighted by atomic mass is 9.97. The third kappa shape index (κ3) is 1.55. The van der Waals surface area contributed by atoms with Gasteiger partial charge in [0.15, 0.2) is 0 Å². The van der Waals surface area contributed by atoms with Crippen LogP contribution in [0.3, 0.4) is 0 Å². The maximum absolute atomic E-state index is 9.15. The lowest BCUT2D eigenvalue weighted by Gasteiger charge is -2.35. The summed E-state index contributed by atoms with van der Waals surface area (Å²) in [5, 5.41) is 16.2. The minimum Gasteiger partial charge on any atom is -0.361 e. The van der Waals surface area contributed by atoms with E-state index in [4.69, 9.17) is 10.1 Å². The summed E-state index contributed by atoms with van der Waals surface area (Å²) in [6.45, 7) is 3.88. The van der Waals surface area contributed by atoms with Crippen LogP contribution < -0.4 is 5.32 Å². The van der Waals surface area contributed by atoms with E-state index in [9.17, 15) is 0 Å². The van der Waals surface area contributed by atoms with Gasteiger partial charge in [-0.05, 0) is 37.5 Å². The van der Waals surface area contributed by atoms with Crippen molar-refractivity contribution in [1.29, 1.82) is 5.26 Å². The van der Waals surface area contributed by atoms with Gasteiger partial charge in [0, 0.05) is 12.6 Å². The molecule has 92 valence electrons. The maximum Gasteiger partial charge on any atom is 0.246 e. The normalized spacial score (nSPS) is 27.3. The summed E-state index contributed by atoms with van der Waals surface area (Å²) < 4.78 is 0. The van der Waals surface area contributed by atoms with Crippen LogP contribution in [-0.4, -0.2) is 11.4 Å². The Morgan fingerprint density at radius 3 is 2.39 bits per heavy atom. The van der Waals surface area contributed by atoms with Crippen molar-refractivity contribution in [1.82, 2.24) is 0 Å². The van der Waals surface area contributed by atoms with Gasteiger partial charge in [0.1, 0.15) is 5.71 Å². The Balaban J connectivity index is 1.77. The minimum absolute atomic E-state index is 0.215. The van der Waals surface area contributed by atoms with E-state index in [0.29, 0.717) is 0 Å². The zero-order valence-corrected chi connectivity index (χ0v) is 10.5. The molecule has 1 heterocycles. The topological polar surface area (TPSA) is 57.4 Å². The number of nitriles is 1. The molecule has 3 rings (SSSR count). The fourth-order valence-corrected chi connectivity index (χ4v) is 2.13. The van der Waals surface area contributed by atoms with Crippen molar-refractivity contribution in [2.45, 2.75) is 37.8 Å². The van der Waals surface area contributed by atoms with Crippen molar-refractivity contribution in [2.75, 3.05) is 5.32 Å². The number of benzene rings is 1. The Bertz CT molecular complexity index is 551. The van der Waals surface area contributed by atoms with Crippen LogP contribution in [-0.2, 0) is 10.3 Å². The second-order valence-electron chi connectivity index (χ2n) is 5.20. The van der Waals surface area contributed by atoms with Crippen molar-refractivity contribution in [2.24, 2.45) is 5.16 Å². The van der Waals surface area contributed by atoms with Gasteiger partial charge in [-0.3, -0.25) is 0 Å². The molecular weight excluding hydrogens is 226 g/mol. The molecule has 0 amide bonds. The molecule has 1 saturated carbocycles. The first-order chi connectivity index (χ1) is 8.58. The number of hydrogen-bond acceptors (Lipinski definition) is 4. The van der Waals surface area contributed by atoms with Gasteiger partial charge in [-0.25, -0.2) is 0 Å². The molecule has 1 aliphatic heterocycles. The van der Waals surface area contributed by atoms with Crippen molar-refractivity contribution in [3.8, 4) is 6.07 Å². The van der Waals surface area contributed by atoms with E-state index >= 15 is 0 Å². The standard InChI is InChI=1S/C14H15N3O/c1-10-13(2,18-17-10)16-12-5-3-11(4-6-12)14(9-15)7-8-14/h3-6,16H,7-8H2,1-2H3. The van der Waals surface area contributed by atoms with Crippen LogP contribution in [0.25, 0.3) is 0 Å². The summed E-state index contributed by atoms with van der Waals surface area (Å²) in [7, 11) is 0. The highest BCUT2D eigenvalue weighted by Crippen LogP contribution is 2.47. The van der Waals surface area contributed by atoms with Crippen LogP contribution in [0.2, 0.25) is 0 Å². The zero-order chi connectivity index (χ0) is 12.8. The summed E-state index contributed by atoms with van der Waals surface area (Å²) in [6.07, 6.45) is 1.95. The zero-order valence-electron chi connectivity index (χ0n) is 10.5. The van der Waals surface area contributed by atoms with Crippen LogP contribution in [0.5, 0.6) is 0 Å². The van der Waals surface area contributed by atoms with E-state index in [2.05, 4.69) is 16.5 Å². The smallest absolute Gasteiger partial charge is 0.246 e. The van der Waals surface area contributed by atoms with Crippen molar-refractivity contribution in [3.63, 3.8) is 0 Å². The quantitative estimate of drug-likeness (QED) is 0.885. The molecule has 0 spiro atoms. The highest BCUT2D eigenvalue weighted by Gasteiger charge is 2.45. The summed E-state index contributed by atoms with van der Waals surface area (Å²) >= 11 is 0. The Morgan fingerprint density at radius 2 is 2.00 bits per heavy atom. The summed E-state index contributed by atoms with van der Waals surface area (Å²) in [5.74, 6) is 0. The van der Waals surface area contributed by atoms with E-state index in [1.54, 1.807) is 0 Å². The van der Waals surface area contributed by atoms with Crippen molar-refractivity contribution < 1.29 is 4.84 Å². The number of rotatable bonds is 3. The SMILES string of the molecule is CC1=NOC1(C)Nc1ccc(C2(C#N)CC2)cc1. The van der Waals surface area contributed by atoms with E-state index < -0.39 is 5.72 Å². The van der Waals surface area contributed by atoms with Crippen LogP contribution in [0.4, 0.5) is 5.69 Å². The van der Waals surface area contributed by atoms with Gasteiger partial charge < -0.3 is 10.2 Å². The first-order valence-corrected chi connectivity index (χ1v) is 6.11. The fraction of sp³-hybridized carbons (Fsp3) is 0.429. The van der Waals surface area contributed by atoms with Gasteiger partial charge in [-0.15, -0.1) is 0 Å². The molecule has 1 aromatic rings. The highest BCUT2D eigenvalue weighted by molar-refractivity contribution is 5.94. The number of nitrogens with one attached hydrogen (secondary N) is 1. The molecule has 0 radical (unpaired) electrons. The second-order valence-corrected chi connectivity index (χ2v) is 5.20. The lowest BCUT2D eigenvalue weighted by molar-refractivity contribution is 0.000742. The van der Waals surface area contributed by atoms with Gasteiger partial charge in [-0.1, -0.05) is 17.3 Å². The van der Waals surface area contributed by atoms with Gasteiger partial charge >= 0.3 is 0 Å². The molecule has 4 heteroatoms. The van der Waals surface area contributed by atoms with E-state index in [1.165, 1.54) is 0 Å². The molecule has 0 saturated heterocycles. The number of oxime groups is 1. The molecule has 0 aromatic heterocycles. The van der Waals surface area contributed by atoms with Crippen molar-refractivity contribution in [3.05, 3.63) is 29.8 Å². The Morgan fingerprint density at radius 1 is 1.33 bits per heavy atom. The van der Waals surface area contributed by atoms with E-state index in [1.807, 2.05) is 38.1 Å². The molecule has 1 N–H and O–H groups in total. The van der Waals surface area contributed by atoms with Crippen LogP contribution in [0, 0.1) is 11.3 Å². The summed E-state index contributed by atoms with van der Waals surface area (Å²) in [4.78, 5) is 5.19. The molecule has 1 aliphatic carbocycles. The van der Waals surface area contributed by atoms with Gasteiger partial charge in [-0.2, -0.15) is 5.26 Å². The summed E-state index contributed by atoms with van der Waals surface area (Å²) in [6, 6.07) is 10.4. The average Bonchev–Trinajstić information content (AvgIpc) is 3.19. The molecule has 2 aliphatic rings. The Labute approximate surface area is 106 Å². The largest absolute Gasteiger partial charge is 0.361 e. The molecular formula is C14H15N3O. The fourth-order valence-electron chi connectivity index (χ4n) is 2.13. The number of hydrogen-bond donors (Lipinski definition) is 1. The number of anilines is 1. The predicted molar refractivity (Wildman–Crippen MR) is 69.2 cm³/mol. The number of nitrogens with zero attached hydrogens (tertiary/aromatic N) is 2. The molecule has 18 heavy (non-hydrogen) atoms. The van der Waals surface area contributed by atoms with E-state index in [0.717, 1.165) is 29.8 Å². The first-order valence-electron chi connectivity index (χ1n) is 6.11. The van der Waals surface area contributed by atoms with Gasteiger partial charge in [0.25, 0.3) is 0 Å². The monoisotopic (exact) mass is 241 g/mol. The molecule has 1 atom stereocenters. The van der Waals surface area contributed by atoms with E-state index in [-0.39, 0.29) is 5.41 Å². The average molecular weight is 241 g/mol. The predicted octanol–water partition coefficient (Wildman–Crippen LogP) is 2.78.